The van der Waals surface area contributed by atoms with E-state index in [2.05, 4.69) is 11.9 Å². The fraction of sp³-hybridized carbons (Fsp3) is 0.647. The maximum absolute atomic E-state index is 11.8. The lowest BCUT2D eigenvalue weighted by atomic mass is 10.1. The van der Waals surface area contributed by atoms with Crippen molar-refractivity contribution in [3.05, 3.63) is 18.2 Å². The van der Waals surface area contributed by atoms with Crippen LogP contribution in [0.5, 0.6) is 0 Å². The lowest BCUT2D eigenvalue weighted by Crippen LogP contribution is -2.35. The van der Waals surface area contributed by atoms with Crippen LogP contribution in [0.3, 0.4) is 0 Å². The van der Waals surface area contributed by atoms with Crippen molar-refractivity contribution in [1.82, 2.24) is 9.55 Å². The van der Waals surface area contributed by atoms with E-state index in [9.17, 15) is 14.4 Å². The van der Waals surface area contributed by atoms with Crippen LogP contribution in [0, 0.1) is 0 Å². The number of carbonyl (C=O) groups is 3. The Balaban J connectivity index is 2.22. The summed E-state index contributed by atoms with van der Waals surface area (Å²) in [7, 11) is 0. The SMILES string of the molecule is CCCCCCCCCC(=O)OC(=O)[C@@H](N)Cc1cn(C(N)=O)cn1. The lowest BCUT2D eigenvalue weighted by molar-refractivity contribution is -0.160. The zero-order chi connectivity index (χ0) is 18.7. The van der Waals surface area contributed by atoms with E-state index in [0.717, 1.165) is 17.4 Å². The zero-order valence-corrected chi connectivity index (χ0v) is 14.8. The van der Waals surface area contributed by atoms with E-state index >= 15 is 0 Å². The van der Waals surface area contributed by atoms with Crippen molar-refractivity contribution in [2.24, 2.45) is 11.5 Å². The molecule has 1 aromatic heterocycles. The van der Waals surface area contributed by atoms with Gasteiger partial charge in [-0.05, 0) is 6.42 Å². The van der Waals surface area contributed by atoms with Crippen molar-refractivity contribution in [3.8, 4) is 0 Å². The van der Waals surface area contributed by atoms with Crippen LogP contribution in [0.2, 0.25) is 0 Å². The van der Waals surface area contributed by atoms with Gasteiger partial charge in [0.05, 0.1) is 5.69 Å². The summed E-state index contributed by atoms with van der Waals surface area (Å²) < 4.78 is 5.84. The number of hydrogen-bond donors (Lipinski definition) is 2. The van der Waals surface area contributed by atoms with Gasteiger partial charge >= 0.3 is 18.0 Å². The highest BCUT2D eigenvalue weighted by Gasteiger charge is 2.20. The Bertz CT molecular complexity index is 571. The van der Waals surface area contributed by atoms with Crippen LogP contribution in [0.15, 0.2) is 12.5 Å². The number of ether oxygens (including phenoxy) is 1. The van der Waals surface area contributed by atoms with Crippen LogP contribution in [0.1, 0.15) is 64.0 Å². The molecule has 0 fully saturated rings. The summed E-state index contributed by atoms with van der Waals surface area (Å²) in [5, 5.41) is 0. The van der Waals surface area contributed by atoms with E-state index < -0.39 is 24.0 Å². The predicted molar refractivity (Wildman–Crippen MR) is 92.6 cm³/mol. The summed E-state index contributed by atoms with van der Waals surface area (Å²) in [6.07, 6.45) is 10.5. The molecule has 8 heteroatoms. The summed E-state index contributed by atoms with van der Waals surface area (Å²) in [5.74, 6) is -1.35. The van der Waals surface area contributed by atoms with E-state index in [1.807, 2.05) is 0 Å². The summed E-state index contributed by atoms with van der Waals surface area (Å²) in [4.78, 5) is 38.3. The number of primary amides is 1. The molecular formula is C17H28N4O4. The first-order valence-electron chi connectivity index (χ1n) is 8.76. The van der Waals surface area contributed by atoms with E-state index in [1.165, 1.54) is 38.2 Å². The van der Waals surface area contributed by atoms with Gasteiger partial charge in [0.1, 0.15) is 12.4 Å². The van der Waals surface area contributed by atoms with Crippen LogP contribution >= 0.6 is 0 Å². The molecule has 0 aliphatic heterocycles. The molecule has 4 N–H and O–H groups in total. The van der Waals surface area contributed by atoms with Gasteiger partial charge in [0, 0.05) is 19.0 Å². The molecule has 1 aromatic rings. The largest absolute Gasteiger partial charge is 0.392 e. The minimum absolute atomic E-state index is 0.0593. The van der Waals surface area contributed by atoms with E-state index in [-0.39, 0.29) is 12.8 Å². The summed E-state index contributed by atoms with van der Waals surface area (Å²) in [5.41, 5.74) is 11.2. The maximum Gasteiger partial charge on any atom is 0.330 e. The van der Waals surface area contributed by atoms with Gasteiger partial charge in [-0.1, -0.05) is 45.4 Å². The third-order valence-electron chi connectivity index (χ3n) is 3.82. The van der Waals surface area contributed by atoms with Crippen LogP contribution in [0.25, 0.3) is 0 Å². The lowest BCUT2D eigenvalue weighted by Gasteiger charge is -2.09. The van der Waals surface area contributed by atoms with E-state index in [1.54, 1.807) is 0 Å². The Morgan fingerprint density at radius 1 is 1.16 bits per heavy atom. The van der Waals surface area contributed by atoms with Gasteiger partial charge in [0.15, 0.2) is 0 Å². The number of hydrogen-bond acceptors (Lipinski definition) is 6. The average molecular weight is 352 g/mol. The molecule has 0 aliphatic rings. The van der Waals surface area contributed by atoms with E-state index in [0.29, 0.717) is 12.1 Å². The number of nitrogens with zero attached hydrogens (tertiary/aromatic N) is 2. The Hall–Kier alpha value is -2.22. The molecule has 25 heavy (non-hydrogen) atoms. The molecule has 1 heterocycles. The smallest absolute Gasteiger partial charge is 0.330 e. The summed E-state index contributed by atoms with van der Waals surface area (Å²) in [6, 6.07) is -1.70. The summed E-state index contributed by atoms with van der Waals surface area (Å²) >= 11 is 0. The average Bonchev–Trinajstić information content (AvgIpc) is 3.02. The molecule has 0 saturated heterocycles. The molecule has 1 atom stereocenters. The zero-order valence-electron chi connectivity index (χ0n) is 14.8. The molecule has 0 bridgehead atoms. The van der Waals surface area contributed by atoms with Crippen molar-refractivity contribution in [2.45, 2.75) is 70.8 Å². The van der Waals surface area contributed by atoms with Gasteiger partial charge in [-0.15, -0.1) is 0 Å². The quantitative estimate of drug-likeness (QED) is 0.355. The van der Waals surface area contributed by atoms with Gasteiger partial charge in [-0.25, -0.2) is 14.6 Å². The van der Waals surface area contributed by atoms with Crippen molar-refractivity contribution in [3.63, 3.8) is 0 Å². The van der Waals surface area contributed by atoms with Crippen molar-refractivity contribution < 1.29 is 19.1 Å². The summed E-state index contributed by atoms with van der Waals surface area (Å²) in [6.45, 7) is 2.17. The normalized spacial score (nSPS) is 11.9. The maximum atomic E-state index is 11.8. The molecule has 140 valence electrons. The number of carbonyl (C=O) groups excluding carboxylic acids is 3. The highest BCUT2D eigenvalue weighted by Crippen LogP contribution is 2.09. The Kier molecular flexibility index (Phi) is 9.46. The fourth-order valence-electron chi connectivity index (χ4n) is 2.36. The fourth-order valence-corrected chi connectivity index (χ4v) is 2.36. The molecule has 0 aliphatic carbocycles. The van der Waals surface area contributed by atoms with E-state index in [4.69, 9.17) is 16.2 Å². The monoisotopic (exact) mass is 352 g/mol. The van der Waals surface area contributed by atoms with Crippen LogP contribution in [0.4, 0.5) is 4.79 Å². The Labute approximate surface area is 147 Å². The molecule has 0 aromatic carbocycles. The number of rotatable bonds is 11. The number of amides is 1. The second-order valence-corrected chi connectivity index (χ2v) is 6.09. The molecular weight excluding hydrogens is 324 g/mol. The number of unbranched alkanes of at least 4 members (excludes halogenated alkanes) is 6. The van der Waals surface area contributed by atoms with Gasteiger partial charge in [-0.3, -0.25) is 9.36 Å². The van der Waals surface area contributed by atoms with Gasteiger partial charge in [0.25, 0.3) is 0 Å². The van der Waals surface area contributed by atoms with Gasteiger partial charge in [-0.2, -0.15) is 0 Å². The minimum Gasteiger partial charge on any atom is -0.392 e. The third-order valence-corrected chi connectivity index (χ3v) is 3.82. The highest BCUT2D eigenvalue weighted by atomic mass is 16.6. The topological polar surface area (TPSA) is 130 Å². The number of imidazole rings is 1. The molecule has 0 radical (unpaired) electrons. The second kappa shape index (κ2) is 11.4. The molecule has 0 saturated carbocycles. The number of esters is 2. The Morgan fingerprint density at radius 3 is 2.40 bits per heavy atom. The first-order chi connectivity index (χ1) is 11.9. The molecule has 0 unspecified atom stereocenters. The molecule has 1 amide bonds. The molecule has 8 nitrogen and oxygen atoms in total. The Morgan fingerprint density at radius 2 is 1.80 bits per heavy atom. The van der Waals surface area contributed by atoms with Crippen molar-refractivity contribution >= 4 is 18.0 Å². The van der Waals surface area contributed by atoms with Crippen LogP contribution < -0.4 is 11.5 Å². The van der Waals surface area contributed by atoms with Crippen molar-refractivity contribution in [2.75, 3.05) is 0 Å². The first-order valence-corrected chi connectivity index (χ1v) is 8.76. The number of aromatic nitrogens is 2. The number of nitrogens with two attached hydrogens (primary N) is 2. The van der Waals surface area contributed by atoms with Crippen LogP contribution in [-0.2, 0) is 20.7 Å². The standard InChI is InChI=1S/C17H28N4O4/c1-2-3-4-5-6-7-8-9-15(22)25-16(23)14(18)10-13-11-21(12-20-13)17(19)24/h11-12,14H,2-10,18H2,1H3,(H2,19,24)/t14-/m0/s1. The van der Waals surface area contributed by atoms with Crippen molar-refractivity contribution in [1.29, 1.82) is 0 Å². The highest BCUT2D eigenvalue weighted by molar-refractivity contribution is 5.88. The van der Waals surface area contributed by atoms with Gasteiger partial charge < -0.3 is 16.2 Å². The first kappa shape index (κ1) is 20.8. The predicted octanol–water partition coefficient (Wildman–Crippen LogP) is 1.89. The second-order valence-electron chi connectivity index (χ2n) is 6.09. The third kappa shape index (κ3) is 8.44. The molecule has 1 rings (SSSR count). The minimum atomic E-state index is -1.02. The van der Waals surface area contributed by atoms with Gasteiger partial charge in [0.2, 0.25) is 0 Å². The molecule has 0 spiro atoms. The van der Waals surface area contributed by atoms with Crippen LogP contribution in [-0.4, -0.2) is 33.6 Å².